The summed E-state index contributed by atoms with van der Waals surface area (Å²) in [4.78, 5) is 38.6. The van der Waals surface area contributed by atoms with Gasteiger partial charge in [-0.25, -0.2) is 0 Å². The van der Waals surface area contributed by atoms with E-state index in [-0.39, 0.29) is 37.2 Å². The summed E-state index contributed by atoms with van der Waals surface area (Å²) >= 11 is 6.02. The number of rotatable bonds is 11. The molecule has 33 heavy (non-hydrogen) atoms. The highest BCUT2D eigenvalue weighted by atomic mass is 35.5. The van der Waals surface area contributed by atoms with E-state index in [1.807, 2.05) is 6.92 Å². The fourth-order valence-electron chi connectivity index (χ4n) is 3.34. The van der Waals surface area contributed by atoms with Crippen LogP contribution >= 0.6 is 11.6 Å². The molecule has 3 rings (SSSR count). The van der Waals surface area contributed by atoms with Gasteiger partial charge in [0.15, 0.2) is 19.0 Å². The van der Waals surface area contributed by atoms with E-state index in [9.17, 15) is 14.4 Å². The number of nitrogens with one attached hydrogen (secondary N) is 1. The number of Topliss-reactive ketones (excluding diaryl/α,β-unsaturated/α-hetero) is 1. The third-order valence-electron chi connectivity index (χ3n) is 5.14. The second-order valence-electron chi connectivity index (χ2n) is 7.59. The van der Waals surface area contributed by atoms with Crippen LogP contribution in [0.1, 0.15) is 28.8 Å². The Bertz CT molecular complexity index is 1030. The number of hydrogen-bond donors (Lipinski definition) is 1. The van der Waals surface area contributed by atoms with Gasteiger partial charge in [0.2, 0.25) is 5.91 Å². The number of carbonyl (C=O) groups excluding carboxylic acids is 3. The predicted octanol–water partition coefficient (Wildman–Crippen LogP) is 3.18. The van der Waals surface area contributed by atoms with Gasteiger partial charge in [-0.15, -0.1) is 0 Å². The van der Waals surface area contributed by atoms with Gasteiger partial charge in [-0.2, -0.15) is 0 Å². The van der Waals surface area contributed by atoms with Crippen molar-refractivity contribution in [1.82, 2.24) is 5.32 Å². The minimum Gasteiger partial charge on any atom is -0.485 e. The van der Waals surface area contributed by atoms with E-state index >= 15 is 0 Å². The van der Waals surface area contributed by atoms with Crippen molar-refractivity contribution in [3.05, 3.63) is 52.5 Å². The Morgan fingerprint density at radius 2 is 2.03 bits per heavy atom. The maximum atomic E-state index is 12.7. The normalized spacial score (nSPS) is 12.7. The topological polar surface area (TPSA) is 94.2 Å². The van der Waals surface area contributed by atoms with E-state index in [1.54, 1.807) is 48.4 Å². The monoisotopic (exact) mass is 474 g/mol. The lowest BCUT2D eigenvalue weighted by molar-refractivity contribution is -0.123. The maximum absolute atomic E-state index is 12.7. The summed E-state index contributed by atoms with van der Waals surface area (Å²) in [6, 6.07) is 10.1. The molecule has 0 saturated heterocycles. The highest BCUT2D eigenvalue weighted by molar-refractivity contribution is 6.31. The highest BCUT2D eigenvalue weighted by Gasteiger charge is 2.26. The van der Waals surface area contributed by atoms with Crippen molar-refractivity contribution in [3.63, 3.8) is 0 Å². The first-order chi connectivity index (χ1) is 15.9. The van der Waals surface area contributed by atoms with Gasteiger partial charge >= 0.3 is 0 Å². The minimum atomic E-state index is -0.235. The number of carbonyl (C=O) groups is 3. The average Bonchev–Trinajstić information content (AvgIpc) is 2.81. The number of hydrogen-bond acceptors (Lipinski definition) is 6. The lowest BCUT2D eigenvalue weighted by Gasteiger charge is -2.29. The number of ether oxygens (including phenoxy) is 3. The quantitative estimate of drug-likeness (QED) is 0.397. The van der Waals surface area contributed by atoms with E-state index in [2.05, 4.69) is 5.32 Å². The Hall–Kier alpha value is -3.10. The predicted molar refractivity (Wildman–Crippen MR) is 124 cm³/mol. The fraction of sp³-hybridized carbons (Fsp3) is 0.375. The van der Waals surface area contributed by atoms with Crippen LogP contribution in [0, 0.1) is 6.92 Å². The molecule has 2 amide bonds. The number of anilines is 1. The van der Waals surface area contributed by atoms with Gasteiger partial charge in [0, 0.05) is 37.2 Å². The fourth-order valence-corrected chi connectivity index (χ4v) is 3.46. The van der Waals surface area contributed by atoms with Crippen LogP contribution in [-0.2, 0) is 14.3 Å². The molecular weight excluding hydrogens is 448 g/mol. The van der Waals surface area contributed by atoms with Gasteiger partial charge in [0.25, 0.3) is 5.91 Å². The van der Waals surface area contributed by atoms with Gasteiger partial charge in [-0.1, -0.05) is 11.6 Å². The number of benzene rings is 2. The number of nitrogens with zero attached hydrogens (tertiary/aromatic N) is 1. The molecule has 0 aliphatic carbocycles. The highest BCUT2D eigenvalue weighted by Crippen LogP contribution is 2.33. The minimum absolute atomic E-state index is 0.0840. The van der Waals surface area contributed by atoms with Gasteiger partial charge in [-0.05, 0) is 55.3 Å². The molecule has 8 nitrogen and oxygen atoms in total. The molecule has 0 fully saturated rings. The molecule has 0 saturated carbocycles. The van der Waals surface area contributed by atoms with Crippen molar-refractivity contribution in [1.29, 1.82) is 0 Å². The average molecular weight is 475 g/mol. The lowest BCUT2D eigenvalue weighted by atomic mass is 10.1. The zero-order chi connectivity index (χ0) is 23.8. The molecule has 176 valence electrons. The molecule has 0 spiro atoms. The second-order valence-corrected chi connectivity index (χ2v) is 7.99. The molecule has 0 unspecified atom stereocenters. The summed E-state index contributed by atoms with van der Waals surface area (Å²) in [6.07, 6.45) is 0.748. The number of aryl methyl sites for hydroxylation is 1. The molecular formula is C24H27ClN2O6. The molecule has 2 aromatic carbocycles. The lowest BCUT2D eigenvalue weighted by Crippen LogP contribution is -2.40. The first-order valence-electron chi connectivity index (χ1n) is 10.6. The summed E-state index contributed by atoms with van der Waals surface area (Å²) in [6.45, 7) is 2.84. The first-order valence-corrected chi connectivity index (χ1v) is 11.0. The van der Waals surface area contributed by atoms with Crippen LogP contribution in [0.25, 0.3) is 0 Å². The van der Waals surface area contributed by atoms with Gasteiger partial charge in [-0.3, -0.25) is 14.4 Å². The van der Waals surface area contributed by atoms with Crippen LogP contribution in [0.5, 0.6) is 11.5 Å². The van der Waals surface area contributed by atoms with E-state index in [1.165, 1.54) is 0 Å². The maximum Gasteiger partial charge on any atom is 0.265 e. The number of ketones is 1. The van der Waals surface area contributed by atoms with Crippen LogP contribution in [0.2, 0.25) is 5.02 Å². The Kier molecular flexibility index (Phi) is 8.68. The van der Waals surface area contributed by atoms with Crippen molar-refractivity contribution in [2.45, 2.75) is 19.8 Å². The summed E-state index contributed by atoms with van der Waals surface area (Å²) in [7, 11) is 1.57. The Morgan fingerprint density at radius 3 is 2.79 bits per heavy atom. The third kappa shape index (κ3) is 6.69. The standard InChI is InChI=1S/C24H27ClN2O6/c1-16-12-18(6-7-19(16)25)32-14-21(28)17-5-8-22-20(13-17)27(24(30)15-33-22)10-3-4-23(29)26-9-11-31-2/h5-8,12-13H,3-4,9-11,14-15H2,1-2H3,(H,26,29). The summed E-state index contributed by atoms with van der Waals surface area (Å²) < 4.78 is 16.0. The van der Waals surface area contributed by atoms with Crippen molar-refractivity contribution in [2.75, 3.05) is 44.9 Å². The molecule has 1 aliphatic heterocycles. The molecule has 2 aromatic rings. The van der Waals surface area contributed by atoms with E-state index in [0.29, 0.717) is 53.9 Å². The molecule has 1 heterocycles. The number of halogens is 1. The summed E-state index contributed by atoms with van der Waals surface area (Å²) in [5, 5.41) is 3.38. The van der Waals surface area contributed by atoms with Crippen molar-refractivity contribution in [2.24, 2.45) is 0 Å². The molecule has 0 radical (unpaired) electrons. The second kappa shape index (κ2) is 11.7. The molecule has 9 heteroatoms. The third-order valence-corrected chi connectivity index (χ3v) is 5.56. The van der Waals surface area contributed by atoms with Crippen LogP contribution in [0.4, 0.5) is 5.69 Å². The first kappa shape index (κ1) is 24.5. The Morgan fingerprint density at radius 1 is 1.21 bits per heavy atom. The van der Waals surface area contributed by atoms with Gasteiger partial charge < -0.3 is 24.4 Å². The van der Waals surface area contributed by atoms with Crippen molar-refractivity contribution >= 4 is 34.9 Å². The van der Waals surface area contributed by atoms with E-state index in [4.69, 9.17) is 25.8 Å². The van der Waals surface area contributed by atoms with Crippen molar-refractivity contribution < 1.29 is 28.6 Å². The zero-order valence-corrected chi connectivity index (χ0v) is 19.4. The molecule has 0 atom stereocenters. The molecule has 1 N–H and O–H groups in total. The van der Waals surface area contributed by atoms with Gasteiger partial charge in [0.1, 0.15) is 11.5 Å². The molecule has 1 aliphatic rings. The van der Waals surface area contributed by atoms with Crippen LogP contribution in [0.15, 0.2) is 36.4 Å². The largest absolute Gasteiger partial charge is 0.485 e. The number of fused-ring (bicyclic) bond motifs is 1. The molecule has 0 aromatic heterocycles. The number of amides is 2. The molecule has 0 bridgehead atoms. The smallest absolute Gasteiger partial charge is 0.265 e. The van der Waals surface area contributed by atoms with Crippen LogP contribution < -0.4 is 19.7 Å². The van der Waals surface area contributed by atoms with Crippen LogP contribution in [0.3, 0.4) is 0 Å². The van der Waals surface area contributed by atoms with E-state index in [0.717, 1.165) is 5.56 Å². The van der Waals surface area contributed by atoms with Gasteiger partial charge in [0.05, 0.1) is 12.3 Å². The Balaban J connectivity index is 1.62. The Labute approximate surface area is 197 Å². The number of methoxy groups -OCH3 is 1. The SMILES string of the molecule is COCCNC(=O)CCCN1C(=O)COc2ccc(C(=O)COc3ccc(Cl)c(C)c3)cc21. The van der Waals surface area contributed by atoms with Crippen molar-refractivity contribution in [3.8, 4) is 11.5 Å². The summed E-state index contributed by atoms with van der Waals surface area (Å²) in [5.74, 6) is 0.504. The van der Waals surface area contributed by atoms with Crippen LogP contribution in [-0.4, -0.2) is 57.6 Å². The summed E-state index contributed by atoms with van der Waals surface area (Å²) in [5.41, 5.74) is 1.77. The zero-order valence-electron chi connectivity index (χ0n) is 18.7. The van der Waals surface area contributed by atoms with E-state index < -0.39 is 0 Å².